The van der Waals surface area contributed by atoms with E-state index in [1.54, 1.807) is 26.4 Å². The molecule has 0 saturated carbocycles. The van der Waals surface area contributed by atoms with Crippen molar-refractivity contribution in [1.82, 2.24) is 0 Å². The first-order valence-electron chi connectivity index (χ1n) is 5.89. The molecule has 0 spiro atoms. The van der Waals surface area contributed by atoms with Gasteiger partial charge in [0, 0.05) is 0 Å². The summed E-state index contributed by atoms with van der Waals surface area (Å²) >= 11 is 0. The lowest BCUT2D eigenvalue weighted by Crippen LogP contribution is -1.91. The van der Waals surface area contributed by atoms with Crippen LogP contribution in [-0.2, 0) is 0 Å². The van der Waals surface area contributed by atoms with Gasteiger partial charge in [0.1, 0.15) is 17.3 Å². The summed E-state index contributed by atoms with van der Waals surface area (Å²) in [4.78, 5) is 0. The van der Waals surface area contributed by atoms with E-state index in [0.717, 1.165) is 22.6 Å². The van der Waals surface area contributed by atoms with E-state index in [-0.39, 0.29) is 5.82 Å². The molecular weight excluding hydrogens is 243 g/mol. The average molecular weight is 258 g/mol. The second-order valence-electron chi connectivity index (χ2n) is 3.96. The molecule has 0 aliphatic rings. The van der Waals surface area contributed by atoms with Crippen molar-refractivity contribution in [3.63, 3.8) is 0 Å². The zero-order valence-corrected chi connectivity index (χ0v) is 10.9. The standard InChI is InChI=1S/C16H15FO2/c1-18-15-4-3-5-16(19-2)14(15)11-8-12-6-9-13(17)10-7-12/h3-11H,1-2H3/b11-8+. The van der Waals surface area contributed by atoms with Crippen LogP contribution in [0.5, 0.6) is 11.5 Å². The monoisotopic (exact) mass is 258 g/mol. The van der Waals surface area contributed by atoms with Gasteiger partial charge in [-0.1, -0.05) is 24.3 Å². The molecule has 0 fully saturated rings. The Bertz CT molecular complexity index is 552. The van der Waals surface area contributed by atoms with Crippen LogP contribution >= 0.6 is 0 Å². The van der Waals surface area contributed by atoms with Crippen LogP contribution in [0.25, 0.3) is 12.2 Å². The van der Waals surface area contributed by atoms with E-state index >= 15 is 0 Å². The fourth-order valence-electron chi connectivity index (χ4n) is 1.80. The van der Waals surface area contributed by atoms with Gasteiger partial charge in [-0.25, -0.2) is 4.39 Å². The molecule has 2 aromatic rings. The predicted octanol–water partition coefficient (Wildman–Crippen LogP) is 4.01. The molecule has 0 N–H and O–H groups in total. The molecule has 0 aliphatic heterocycles. The Hall–Kier alpha value is -2.29. The van der Waals surface area contributed by atoms with E-state index in [4.69, 9.17) is 9.47 Å². The average Bonchev–Trinajstić information content (AvgIpc) is 2.46. The molecule has 0 aliphatic carbocycles. The van der Waals surface area contributed by atoms with Crippen molar-refractivity contribution < 1.29 is 13.9 Å². The van der Waals surface area contributed by atoms with Gasteiger partial charge in [-0.2, -0.15) is 0 Å². The van der Waals surface area contributed by atoms with Crippen LogP contribution in [0, 0.1) is 5.82 Å². The Morgan fingerprint density at radius 3 is 1.95 bits per heavy atom. The lowest BCUT2D eigenvalue weighted by Gasteiger charge is -2.09. The van der Waals surface area contributed by atoms with Gasteiger partial charge in [0.05, 0.1) is 19.8 Å². The molecule has 2 nitrogen and oxygen atoms in total. The summed E-state index contributed by atoms with van der Waals surface area (Å²) < 4.78 is 23.4. The number of hydrogen-bond donors (Lipinski definition) is 0. The van der Waals surface area contributed by atoms with Crippen LogP contribution in [0.1, 0.15) is 11.1 Å². The highest BCUT2D eigenvalue weighted by atomic mass is 19.1. The highest BCUT2D eigenvalue weighted by Crippen LogP contribution is 2.30. The van der Waals surface area contributed by atoms with E-state index < -0.39 is 0 Å². The van der Waals surface area contributed by atoms with Crippen LogP contribution in [0.2, 0.25) is 0 Å². The lowest BCUT2D eigenvalue weighted by atomic mass is 10.1. The molecule has 0 amide bonds. The van der Waals surface area contributed by atoms with Crippen LogP contribution in [0.3, 0.4) is 0 Å². The summed E-state index contributed by atoms with van der Waals surface area (Å²) in [5.74, 6) is 1.22. The van der Waals surface area contributed by atoms with Gasteiger partial charge in [-0.3, -0.25) is 0 Å². The van der Waals surface area contributed by atoms with Crippen LogP contribution in [-0.4, -0.2) is 14.2 Å². The normalized spacial score (nSPS) is 10.7. The molecule has 0 aromatic heterocycles. The maximum Gasteiger partial charge on any atom is 0.129 e. The molecule has 19 heavy (non-hydrogen) atoms. The Morgan fingerprint density at radius 1 is 0.842 bits per heavy atom. The van der Waals surface area contributed by atoms with Crippen molar-refractivity contribution in [2.45, 2.75) is 0 Å². The van der Waals surface area contributed by atoms with Crippen LogP contribution < -0.4 is 9.47 Å². The Labute approximate surface area is 112 Å². The minimum absolute atomic E-state index is 0.243. The topological polar surface area (TPSA) is 18.5 Å². The number of benzene rings is 2. The lowest BCUT2D eigenvalue weighted by molar-refractivity contribution is 0.392. The third-order valence-corrected chi connectivity index (χ3v) is 2.78. The van der Waals surface area contributed by atoms with Gasteiger partial charge in [0.2, 0.25) is 0 Å². The predicted molar refractivity (Wildman–Crippen MR) is 74.9 cm³/mol. The SMILES string of the molecule is COc1cccc(OC)c1/C=C/c1ccc(F)cc1. The van der Waals surface area contributed by atoms with Crippen molar-refractivity contribution >= 4 is 12.2 Å². The van der Waals surface area contributed by atoms with E-state index in [0.29, 0.717) is 0 Å². The zero-order valence-electron chi connectivity index (χ0n) is 10.9. The molecule has 0 bridgehead atoms. The highest BCUT2D eigenvalue weighted by molar-refractivity contribution is 5.75. The molecule has 0 unspecified atom stereocenters. The molecule has 98 valence electrons. The molecule has 0 atom stereocenters. The molecular formula is C16H15FO2. The Morgan fingerprint density at radius 2 is 1.42 bits per heavy atom. The molecule has 3 heteroatoms. The van der Waals surface area contributed by atoms with Gasteiger partial charge >= 0.3 is 0 Å². The minimum Gasteiger partial charge on any atom is -0.496 e. The number of rotatable bonds is 4. The fourth-order valence-corrected chi connectivity index (χ4v) is 1.80. The summed E-state index contributed by atoms with van der Waals surface area (Å²) in [7, 11) is 3.23. The van der Waals surface area contributed by atoms with Gasteiger partial charge in [0.15, 0.2) is 0 Å². The van der Waals surface area contributed by atoms with E-state index in [2.05, 4.69) is 0 Å². The quantitative estimate of drug-likeness (QED) is 0.771. The first-order valence-corrected chi connectivity index (χ1v) is 5.89. The number of hydrogen-bond acceptors (Lipinski definition) is 2. The number of halogens is 1. The summed E-state index contributed by atoms with van der Waals surface area (Å²) in [6.07, 6.45) is 3.78. The molecule has 2 rings (SSSR count). The zero-order chi connectivity index (χ0) is 13.7. The molecule has 0 saturated heterocycles. The molecule has 0 radical (unpaired) electrons. The molecule has 2 aromatic carbocycles. The summed E-state index contributed by atoms with van der Waals surface area (Å²) in [6.45, 7) is 0. The van der Waals surface area contributed by atoms with Crippen molar-refractivity contribution in [2.24, 2.45) is 0 Å². The second kappa shape index (κ2) is 6.05. The van der Waals surface area contributed by atoms with Crippen LogP contribution in [0.15, 0.2) is 42.5 Å². The summed E-state index contributed by atoms with van der Waals surface area (Å²) in [5.41, 5.74) is 1.77. The van der Waals surface area contributed by atoms with Crippen LogP contribution in [0.4, 0.5) is 4.39 Å². The Balaban J connectivity index is 2.34. The fraction of sp³-hybridized carbons (Fsp3) is 0.125. The van der Waals surface area contributed by atoms with Crippen molar-refractivity contribution in [2.75, 3.05) is 14.2 Å². The minimum atomic E-state index is -0.243. The second-order valence-corrected chi connectivity index (χ2v) is 3.96. The third-order valence-electron chi connectivity index (χ3n) is 2.78. The van der Waals surface area contributed by atoms with Crippen molar-refractivity contribution in [3.05, 3.63) is 59.4 Å². The van der Waals surface area contributed by atoms with Gasteiger partial charge in [0.25, 0.3) is 0 Å². The first kappa shape index (κ1) is 13.1. The molecule has 0 heterocycles. The summed E-state index contributed by atoms with van der Waals surface area (Å²) in [5, 5.41) is 0. The third kappa shape index (κ3) is 3.13. The largest absolute Gasteiger partial charge is 0.496 e. The highest BCUT2D eigenvalue weighted by Gasteiger charge is 2.05. The van der Waals surface area contributed by atoms with Crippen molar-refractivity contribution in [1.29, 1.82) is 0 Å². The number of methoxy groups -OCH3 is 2. The maximum absolute atomic E-state index is 12.8. The van der Waals surface area contributed by atoms with Crippen molar-refractivity contribution in [3.8, 4) is 11.5 Å². The van der Waals surface area contributed by atoms with E-state index in [9.17, 15) is 4.39 Å². The smallest absolute Gasteiger partial charge is 0.129 e. The van der Waals surface area contributed by atoms with E-state index in [1.165, 1.54) is 12.1 Å². The van der Waals surface area contributed by atoms with E-state index in [1.807, 2.05) is 30.4 Å². The van der Waals surface area contributed by atoms with Gasteiger partial charge < -0.3 is 9.47 Å². The first-order chi connectivity index (χ1) is 9.24. The Kier molecular flexibility index (Phi) is 4.18. The van der Waals surface area contributed by atoms with Gasteiger partial charge in [-0.05, 0) is 35.9 Å². The summed E-state index contributed by atoms with van der Waals surface area (Å²) in [6, 6.07) is 11.9. The maximum atomic E-state index is 12.8. The van der Waals surface area contributed by atoms with Gasteiger partial charge in [-0.15, -0.1) is 0 Å². The number of ether oxygens (including phenoxy) is 2.